The number of hydrogen-bond donors (Lipinski definition) is 1. The summed E-state index contributed by atoms with van der Waals surface area (Å²) >= 11 is 0. The third-order valence-corrected chi connectivity index (χ3v) is 3.87. The summed E-state index contributed by atoms with van der Waals surface area (Å²) in [6.45, 7) is 0. The summed E-state index contributed by atoms with van der Waals surface area (Å²) in [5.41, 5.74) is 4.19. The minimum absolute atomic E-state index is 0.133. The average molecular weight is 263 g/mol. The van der Waals surface area contributed by atoms with E-state index in [-0.39, 0.29) is 6.04 Å². The third-order valence-electron chi connectivity index (χ3n) is 3.87. The molecule has 4 rings (SSSR count). The number of aromatic nitrogens is 3. The highest BCUT2D eigenvalue weighted by molar-refractivity contribution is 5.69. The van der Waals surface area contributed by atoms with E-state index in [1.165, 1.54) is 0 Å². The van der Waals surface area contributed by atoms with Crippen LogP contribution < -0.4 is 0 Å². The predicted octanol–water partition coefficient (Wildman–Crippen LogP) is 2.58. The van der Waals surface area contributed by atoms with Gasteiger partial charge in [0, 0.05) is 18.0 Å². The second kappa shape index (κ2) is 4.28. The van der Waals surface area contributed by atoms with Gasteiger partial charge in [0.1, 0.15) is 6.10 Å². The van der Waals surface area contributed by atoms with Crippen molar-refractivity contribution in [2.75, 3.05) is 0 Å². The van der Waals surface area contributed by atoms with Gasteiger partial charge in [-0.2, -0.15) is 0 Å². The molecule has 1 N–H and O–H groups in total. The Morgan fingerprint density at radius 3 is 2.70 bits per heavy atom. The molecule has 0 fully saturated rings. The molecule has 98 valence electrons. The molecular weight excluding hydrogens is 250 g/mol. The van der Waals surface area contributed by atoms with Crippen molar-refractivity contribution in [3.05, 3.63) is 72.4 Å². The molecule has 20 heavy (non-hydrogen) atoms. The van der Waals surface area contributed by atoms with Gasteiger partial charge in [-0.1, -0.05) is 24.3 Å². The van der Waals surface area contributed by atoms with Gasteiger partial charge in [0.15, 0.2) is 0 Å². The van der Waals surface area contributed by atoms with Crippen molar-refractivity contribution in [3.63, 3.8) is 0 Å². The summed E-state index contributed by atoms with van der Waals surface area (Å²) in [5.74, 6) is 0. The maximum atomic E-state index is 10.8. The summed E-state index contributed by atoms with van der Waals surface area (Å²) in [6.07, 6.45) is 6.42. The van der Waals surface area contributed by atoms with E-state index >= 15 is 0 Å². The van der Waals surface area contributed by atoms with Gasteiger partial charge in [-0.05, 0) is 23.3 Å². The van der Waals surface area contributed by atoms with Crippen molar-refractivity contribution in [1.82, 2.24) is 14.5 Å². The molecule has 0 bridgehead atoms. The molecule has 1 aliphatic heterocycles. The Morgan fingerprint density at radius 2 is 1.85 bits per heavy atom. The van der Waals surface area contributed by atoms with Crippen LogP contribution in [0.3, 0.4) is 0 Å². The summed E-state index contributed by atoms with van der Waals surface area (Å²) in [6, 6.07) is 11.7. The molecule has 0 amide bonds. The summed E-state index contributed by atoms with van der Waals surface area (Å²) in [5, 5.41) is 10.8. The number of fused-ring (bicyclic) bond motifs is 3. The number of rotatable bonds is 2. The highest BCUT2D eigenvalue weighted by atomic mass is 16.3. The minimum atomic E-state index is -0.616. The monoisotopic (exact) mass is 263 g/mol. The van der Waals surface area contributed by atoms with Crippen LogP contribution in [-0.2, 0) is 0 Å². The molecule has 0 saturated carbocycles. The highest BCUT2D eigenvalue weighted by Crippen LogP contribution is 2.44. The van der Waals surface area contributed by atoms with Crippen molar-refractivity contribution in [2.24, 2.45) is 0 Å². The molecule has 1 unspecified atom stereocenters. The Bertz CT molecular complexity index is 751. The Kier molecular flexibility index (Phi) is 2.44. The van der Waals surface area contributed by atoms with Gasteiger partial charge in [-0.3, -0.25) is 4.98 Å². The van der Waals surface area contributed by atoms with Crippen molar-refractivity contribution < 1.29 is 5.11 Å². The molecule has 2 atom stereocenters. The van der Waals surface area contributed by atoms with Gasteiger partial charge in [0.2, 0.25) is 0 Å². The zero-order valence-corrected chi connectivity index (χ0v) is 10.7. The van der Waals surface area contributed by atoms with Gasteiger partial charge in [0.25, 0.3) is 0 Å². The molecule has 3 heterocycles. The number of aliphatic hydroxyl groups is 1. The number of imidazole rings is 1. The molecule has 3 aromatic rings. The van der Waals surface area contributed by atoms with E-state index in [9.17, 15) is 5.11 Å². The normalized spacial score (nSPS) is 17.6. The first-order valence-electron chi connectivity index (χ1n) is 6.55. The minimum Gasteiger partial charge on any atom is -0.386 e. The van der Waals surface area contributed by atoms with Crippen LogP contribution in [0.5, 0.6) is 0 Å². The predicted molar refractivity (Wildman–Crippen MR) is 75.0 cm³/mol. The second-order valence-electron chi connectivity index (χ2n) is 4.94. The van der Waals surface area contributed by atoms with Crippen LogP contribution in [0.15, 0.2) is 61.3 Å². The maximum absolute atomic E-state index is 10.8. The van der Waals surface area contributed by atoms with Crippen LogP contribution >= 0.6 is 0 Å². The first-order valence-corrected chi connectivity index (χ1v) is 6.55. The van der Waals surface area contributed by atoms with E-state index in [0.29, 0.717) is 0 Å². The van der Waals surface area contributed by atoms with E-state index in [4.69, 9.17) is 0 Å². The van der Waals surface area contributed by atoms with Crippen molar-refractivity contribution in [2.45, 2.75) is 12.1 Å². The average Bonchev–Trinajstić information content (AvgIpc) is 3.08. The van der Waals surface area contributed by atoms with Crippen LogP contribution in [0.2, 0.25) is 0 Å². The van der Waals surface area contributed by atoms with Crippen molar-refractivity contribution >= 4 is 0 Å². The lowest BCUT2D eigenvalue weighted by Crippen LogP contribution is -2.15. The fourth-order valence-electron chi connectivity index (χ4n) is 2.94. The quantitative estimate of drug-likeness (QED) is 0.773. The van der Waals surface area contributed by atoms with E-state index in [2.05, 4.69) is 22.1 Å². The standard InChI is InChI=1S/C16H13N3O/c20-16(11-5-7-17-8-6-11)15-13-4-2-1-3-12(13)14-9-18-10-19(14)15/h1-10,15-16,20H/t15-,16?/m1/s1. The van der Waals surface area contributed by atoms with Gasteiger partial charge < -0.3 is 9.67 Å². The van der Waals surface area contributed by atoms with Gasteiger partial charge >= 0.3 is 0 Å². The van der Waals surface area contributed by atoms with E-state index in [1.807, 2.05) is 35.0 Å². The molecule has 0 aliphatic carbocycles. The van der Waals surface area contributed by atoms with Gasteiger partial charge in [-0.15, -0.1) is 0 Å². The van der Waals surface area contributed by atoms with Crippen LogP contribution in [0.25, 0.3) is 11.3 Å². The van der Waals surface area contributed by atoms with Crippen molar-refractivity contribution in [1.29, 1.82) is 0 Å². The molecule has 0 saturated heterocycles. The van der Waals surface area contributed by atoms with E-state index in [0.717, 1.165) is 22.4 Å². The third kappa shape index (κ3) is 1.52. The first-order chi connectivity index (χ1) is 9.86. The summed E-state index contributed by atoms with van der Waals surface area (Å²) in [4.78, 5) is 8.21. The molecule has 1 aromatic carbocycles. The fourth-order valence-corrected chi connectivity index (χ4v) is 2.94. The first kappa shape index (κ1) is 11.4. The summed E-state index contributed by atoms with van der Waals surface area (Å²) < 4.78 is 2.04. The lowest BCUT2D eigenvalue weighted by Gasteiger charge is -2.21. The van der Waals surface area contributed by atoms with Crippen LogP contribution in [-0.4, -0.2) is 19.6 Å². The highest BCUT2D eigenvalue weighted by Gasteiger charge is 2.33. The number of hydrogen-bond acceptors (Lipinski definition) is 3. The number of benzene rings is 1. The largest absolute Gasteiger partial charge is 0.386 e. The van der Waals surface area contributed by atoms with E-state index < -0.39 is 6.10 Å². The lowest BCUT2D eigenvalue weighted by molar-refractivity contribution is 0.135. The zero-order chi connectivity index (χ0) is 13.5. The zero-order valence-electron chi connectivity index (χ0n) is 10.7. The molecule has 0 radical (unpaired) electrons. The van der Waals surface area contributed by atoms with Gasteiger partial charge in [0.05, 0.1) is 24.3 Å². The SMILES string of the molecule is OC(c1ccncc1)[C@H]1c2ccccc2-c2cncn21. The Hall–Kier alpha value is -2.46. The molecule has 2 aromatic heterocycles. The Morgan fingerprint density at radius 1 is 1.05 bits per heavy atom. The fraction of sp³-hybridized carbons (Fsp3) is 0.125. The van der Waals surface area contributed by atoms with E-state index in [1.54, 1.807) is 18.7 Å². The smallest absolute Gasteiger partial charge is 0.104 e. The van der Waals surface area contributed by atoms with Crippen LogP contribution in [0.4, 0.5) is 0 Å². The maximum Gasteiger partial charge on any atom is 0.104 e. The van der Waals surface area contributed by atoms with Gasteiger partial charge in [-0.25, -0.2) is 4.98 Å². The van der Waals surface area contributed by atoms with Crippen molar-refractivity contribution in [3.8, 4) is 11.3 Å². The van der Waals surface area contributed by atoms with Crippen LogP contribution in [0, 0.1) is 0 Å². The second-order valence-corrected chi connectivity index (χ2v) is 4.94. The number of pyridine rings is 1. The number of aliphatic hydroxyl groups excluding tert-OH is 1. The Labute approximate surface area is 116 Å². The van der Waals surface area contributed by atoms with Crippen LogP contribution in [0.1, 0.15) is 23.3 Å². The number of nitrogens with zero attached hydrogens (tertiary/aromatic N) is 3. The lowest BCUT2D eigenvalue weighted by atomic mass is 9.95. The molecule has 1 aliphatic rings. The molecular formula is C16H13N3O. The molecule has 0 spiro atoms. The summed E-state index contributed by atoms with van der Waals surface area (Å²) in [7, 11) is 0. The topological polar surface area (TPSA) is 50.9 Å². The molecule has 4 nitrogen and oxygen atoms in total. The Balaban J connectivity index is 1.87. The molecule has 4 heteroatoms.